The van der Waals surface area contributed by atoms with Crippen molar-refractivity contribution < 1.29 is 4.42 Å². The van der Waals surface area contributed by atoms with Crippen LogP contribution in [0.5, 0.6) is 0 Å². The molecular weight excluding hydrogens is 831 g/mol. The Labute approximate surface area is 393 Å². The Morgan fingerprint density at radius 3 is 1.66 bits per heavy atom. The Balaban J connectivity index is 0.865. The predicted octanol–water partition coefficient (Wildman–Crippen LogP) is 17.8. The van der Waals surface area contributed by atoms with Crippen LogP contribution >= 0.6 is 11.3 Å². The summed E-state index contributed by atoms with van der Waals surface area (Å²) in [7, 11) is 0. The molecule has 14 rings (SSSR count). The molecule has 0 saturated heterocycles. The zero-order valence-corrected chi connectivity index (χ0v) is 37.9. The monoisotopic (exact) mass is 873 g/mol. The number of furan rings is 1. The molecule has 12 aromatic rings. The minimum absolute atomic E-state index is 0.121. The minimum atomic E-state index is -0.418. The predicted molar refractivity (Wildman–Crippen MR) is 282 cm³/mol. The molecule has 316 valence electrons. The van der Waals surface area contributed by atoms with Crippen molar-refractivity contribution in [3.05, 3.63) is 258 Å². The van der Waals surface area contributed by atoms with E-state index in [2.05, 4.69) is 237 Å². The van der Waals surface area contributed by atoms with Crippen molar-refractivity contribution in [3.63, 3.8) is 0 Å². The maximum Gasteiger partial charge on any atom is 0.137 e. The summed E-state index contributed by atoms with van der Waals surface area (Å²) >= 11 is 1.89. The van der Waals surface area contributed by atoms with Crippen LogP contribution in [0.25, 0.3) is 75.5 Å². The fraction of sp³-hybridized carbons (Fsp3) is 0.0625. The standard InChI is InChI=1S/C64H43NOS/c1-63(2)55-20-10-6-16-47(55)50-34-30-45(38-58(50)63)65(46-31-35-52-51-19-9-13-23-59(51)66-60(52)39-46)44-28-24-40(25-29-44)41-26-32-53-54-33-27-43(37-62(54)67-61(53)36-41)64(42-14-4-3-5-15-42)56-21-11-7-17-48(56)49-18-8-12-22-57(49)64/h3-39H,1-2H3. The Morgan fingerprint density at radius 1 is 0.358 bits per heavy atom. The molecule has 0 bridgehead atoms. The molecule has 0 radical (unpaired) electrons. The summed E-state index contributed by atoms with van der Waals surface area (Å²) in [6.07, 6.45) is 0. The molecule has 0 saturated carbocycles. The van der Waals surface area contributed by atoms with E-state index in [1.807, 2.05) is 17.4 Å². The van der Waals surface area contributed by atoms with Crippen LogP contribution < -0.4 is 4.90 Å². The number of nitrogens with zero attached hydrogens (tertiary/aromatic N) is 1. The van der Waals surface area contributed by atoms with Crippen molar-refractivity contribution >= 4 is 70.5 Å². The Morgan fingerprint density at radius 2 is 0.896 bits per heavy atom. The molecule has 0 atom stereocenters. The normalized spacial score (nSPS) is 14.1. The number of anilines is 3. The van der Waals surface area contributed by atoms with E-state index in [0.717, 1.165) is 39.0 Å². The highest BCUT2D eigenvalue weighted by molar-refractivity contribution is 7.25. The van der Waals surface area contributed by atoms with Crippen LogP contribution in [0.15, 0.2) is 229 Å². The largest absolute Gasteiger partial charge is 0.456 e. The third kappa shape index (κ3) is 5.50. The fourth-order valence-electron chi connectivity index (χ4n) is 11.8. The molecule has 2 aliphatic rings. The number of hydrogen-bond acceptors (Lipinski definition) is 3. The van der Waals surface area contributed by atoms with Crippen molar-refractivity contribution in [1.29, 1.82) is 0 Å². The molecule has 2 nitrogen and oxygen atoms in total. The molecule has 0 aliphatic heterocycles. The van der Waals surface area contributed by atoms with Crippen molar-refractivity contribution in [2.45, 2.75) is 24.7 Å². The second-order valence-electron chi connectivity index (χ2n) is 18.8. The number of rotatable bonds is 6. The zero-order valence-electron chi connectivity index (χ0n) is 37.1. The van der Waals surface area contributed by atoms with Gasteiger partial charge in [0.1, 0.15) is 11.2 Å². The maximum atomic E-state index is 6.46. The van der Waals surface area contributed by atoms with E-state index in [1.165, 1.54) is 86.9 Å². The van der Waals surface area contributed by atoms with E-state index in [0.29, 0.717) is 0 Å². The van der Waals surface area contributed by atoms with Crippen molar-refractivity contribution in [1.82, 2.24) is 0 Å². The molecule has 0 fully saturated rings. The zero-order chi connectivity index (χ0) is 44.4. The van der Waals surface area contributed by atoms with Crippen molar-refractivity contribution in [3.8, 4) is 33.4 Å². The number of benzene rings is 10. The van der Waals surface area contributed by atoms with Crippen LogP contribution in [0.3, 0.4) is 0 Å². The Hall–Kier alpha value is -7.98. The van der Waals surface area contributed by atoms with Gasteiger partial charge in [-0.05, 0) is 121 Å². The molecule has 0 unspecified atom stereocenters. The van der Waals surface area contributed by atoms with E-state index < -0.39 is 5.41 Å². The van der Waals surface area contributed by atoms with E-state index in [9.17, 15) is 0 Å². The summed E-state index contributed by atoms with van der Waals surface area (Å²) in [4.78, 5) is 2.38. The van der Waals surface area contributed by atoms with Gasteiger partial charge >= 0.3 is 0 Å². The first-order valence-corrected chi connectivity index (χ1v) is 24.0. The summed E-state index contributed by atoms with van der Waals surface area (Å²) in [5.74, 6) is 0. The van der Waals surface area contributed by atoms with E-state index in [1.54, 1.807) is 0 Å². The second kappa shape index (κ2) is 14.3. The van der Waals surface area contributed by atoms with Gasteiger partial charge in [-0.25, -0.2) is 0 Å². The first kappa shape index (κ1) is 38.3. The van der Waals surface area contributed by atoms with Gasteiger partial charge in [-0.15, -0.1) is 11.3 Å². The van der Waals surface area contributed by atoms with Gasteiger partial charge < -0.3 is 9.32 Å². The lowest BCUT2D eigenvalue weighted by Crippen LogP contribution is -2.28. The maximum absolute atomic E-state index is 6.46. The van der Waals surface area contributed by atoms with Gasteiger partial charge in [0.15, 0.2) is 0 Å². The van der Waals surface area contributed by atoms with Crippen LogP contribution in [0.2, 0.25) is 0 Å². The fourth-order valence-corrected chi connectivity index (χ4v) is 13.0. The average Bonchev–Trinajstić information content (AvgIpc) is 4.09. The molecule has 2 heterocycles. The van der Waals surface area contributed by atoms with Gasteiger partial charge in [-0.2, -0.15) is 0 Å². The van der Waals surface area contributed by atoms with E-state index in [-0.39, 0.29) is 5.41 Å². The third-order valence-corrected chi connectivity index (χ3v) is 16.1. The van der Waals surface area contributed by atoms with Gasteiger partial charge in [0.25, 0.3) is 0 Å². The van der Waals surface area contributed by atoms with Gasteiger partial charge in [0, 0.05) is 59.5 Å². The number of hydrogen-bond donors (Lipinski definition) is 0. The molecule has 67 heavy (non-hydrogen) atoms. The summed E-state index contributed by atoms with van der Waals surface area (Å²) in [6, 6.07) is 83.2. The summed E-state index contributed by atoms with van der Waals surface area (Å²) < 4.78 is 9.05. The molecule has 3 heteroatoms. The summed E-state index contributed by atoms with van der Waals surface area (Å²) in [6.45, 7) is 4.70. The minimum Gasteiger partial charge on any atom is -0.456 e. The number of para-hydroxylation sites is 1. The van der Waals surface area contributed by atoms with Crippen molar-refractivity contribution in [2.24, 2.45) is 0 Å². The first-order chi connectivity index (χ1) is 32.9. The molecule has 0 amide bonds. The van der Waals surface area contributed by atoms with E-state index >= 15 is 0 Å². The Bertz CT molecular complexity index is 3920. The molecule has 0 spiro atoms. The lowest BCUT2D eigenvalue weighted by atomic mass is 9.67. The van der Waals surface area contributed by atoms with Gasteiger partial charge in [-0.1, -0.05) is 178 Å². The summed E-state index contributed by atoms with van der Waals surface area (Å²) in [5.41, 5.74) is 20.1. The highest BCUT2D eigenvalue weighted by Gasteiger charge is 2.46. The van der Waals surface area contributed by atoms with Crippen LogP contribution in [0.4, 0.5) is 17.1 Å². The molecular formula is C64H43NOS. The van der Waals surface area contributed by atoms with Gasteiger partial charge in [0.05, 0.1) is 5.41 Å². The van der Waals surface area contributed by atoms with E-state index in [4.69, 9.17) is 4.42 Å². The first-order valence-electron chi connectivity index (χ1n) is 23.2. The molecule has 10 aromatic carbocycles. The van der Waals surface area contributed by atoms with Gasteiger partial charge in [0.2, 0.25) is 0 Å². The quantitative estimate of drug-likeness (QED) is 0.165. The van der Waals surface area contributed by atoms with Crippen molar-refractivity contribution in [2.75, 3.05) is 4.90 Å². The smallest absolute Gasteiger partial charge is 0.137 e. The lowest BCUT2D eigenvalue weighted by molar-refractivity contribution is 0.660. The number of thiophene rings is 1. The second-order valence-corrected chi connectivity index (χ2v) is 19.9. The molecule has 0 N–H and O–H groups in total. The average molecular weight is 874 g/mol. The van der Waals surface area contributed by atoms with Crippen LogP contribution in [0, 0.1) is 0 Å². The lowest BCUT2D eigenvalue weighted by Gasteiger charge is -2.33. The van der Waals surface area contributed by atoms with Crippen LogP contribution in [0.1, 0.15) is 47.2 Å². The Kier molecular flexibility index (Phi) is 8.15. The topological polar surface area (TPSA) is 16.4 Å². The molecule has 2 aliphatic carbocycles. The number of fused-ring (bicyclic) bond motifs is 12. The van der Waals surface area contributed by atoms with Crippen LogP contribution in [-0.4, -0.2) is 0 Å². The third-order valence-electron chi connectivity index (χ3n) is 15.0. The highest BCUT2D eigenvalue weighted by atomic mass is 32.1. The molecule has 2 aromatic heterocycles. The van der Waals surface area contributed by atoms with Gasteiger partial charge in [-0.3, -0.25) is 0 Å². The SMILES string of the molecule is CC1(C)c2ccccc2-c2ccc(N(c3ccc(-c4ccc5c(c4)sc4cc(C6(c7ccccc7)c7ccccc7-c7ccccc76)ccc45)cc3)c3ccc4c(c3)oc3ccccc34)cc21. The van der Waals surface area contributed by atoms with Crippen LogP contribution in [-0.2, 0) is 10.8 Å². The summed E-state index contributed by atoms with van der Waals surface area (Å²) in [5, 5.41) is 4.85. The highest BCUT2D eigenvalue weighted by Crippen LogP contribution is 2.57.